The van der Waals surface area contributed by atoms with E-state index in [1.807, 2.05) is 6.07 Å². The second kappa shape index (κ2) is 11.6. The van der Waals surface area contributed by atoms with Crippen LogP contribution in [-0.2, 0) is 9.53 Å². The molecule has 3 rings (SSSR count). The van der Waals surface area contributed by atoms with Gasteiger partial charge < -0.3 is 20.9 Å². The Morgan fingerprint density at radius 1 is 1.11 bits per heavy atom. The van der Waals surface area contributed by atoms with Crippen molar-refractivity contribution >= 4 is 51.7 Å². The van der Waals surface area contributed by atoms with Crippen molar-refractivity contribution in [2.45, 2.75) is 20.0 Å². The molecule has 0 aromatic heterocycles. The second-order valence-electron chi connectivity index (χ2n) is 8.53. The van der Waals surface area contributed by atoms with Crippen LogP contribution in [0.15, 0.2) is 78.9 Å². The first-order valence-electron chi connectivity index (χ1n) is 10.9. The van der Waals surface area contributed by atoms with E-state index in [1.54, 1.807) is 80.6 Å². The van der Waals surface area contributed by atoms with Crippen molar-refractivity contribution in [3.8, 4) is 11.8 Å². The molecule has 0 heterocycles. The molecule has 0 aliphatic heterocycles. The van der Waals surface area contributed by atoms with Crippen LogP contribution in [0.3, 0.4) is 0 Å². The van der Waals surface area contributed by atoms with E-state index in [2.05, 4.69) is 33.2 Å². The van der Waals surface area contributed by atoms with Crippen molar-refractivity contribution in [2.75, 3.05) is 16.4 Å². The Bertz CT molecular complexity index is 1330. The zero-order chi connectivity index (χ0) is 26.3. The average molecular weight is 596 g/mol. The maximum Gasteiger partial charge on any atom is 0.412 e. The van der Waals surface area contributed by atoms with Crippen molar-refractivity contribution in [2.24, 2.45) is 5.41 Å². The van der Waals surface area contributed by atoms with Crippen LogP contribution in [0.4, 0.5) is 21.9 Å². The van der Waals surface area contributed by atoms with Gasteiger partial charge in [-0.1, -0.05) is 32.1 Å². The first kappa shape index (κ1) is 26.6. The number of carbonyl (C=O) groups is 2. The third-order valence-corrected chi connectivity index (χ3v) is 5.99. The zero-order valence-corrected chi connectivity index (χ0v) is 21.8. The van der Waals surface area contributed by atoms with Crippen LogP contribution in [0.2, 0.25) is 0 Å². The number of benzene rings is 3. The minimum absolute atomic E-state index is 0.0467. The van der Waals surface area contributed by atoms with E-state index < -0.39 is 23.5 Å². The highest BCUT2D eigenvalue weighted by molar-refractivity contribution is 14.1. The largest absolute Gasteiger partial charge is 0.508 e. The highest BCUT2D eigenvalue weighted by atomic mass is 127. The van der Waals surface area contributed by atoms with Gasteiger partial charge in [-0.2, -0.15) is 5.26 Å². The maximum atomic E-state index is 12.8. The maximum absolute atomic E-state index is 12.8. The van der Waals surface area contributed by atoms with Gasteiger partial charge >= 0.3 is 6.09 Å². The second-order valence-corrected chi connectivity index (χ2v) is 9.78. The lowest BCUT2D eigenvalue weighted by Gasteiger charge is -2.32. The van der Waals surface area contributed by atoms with Crippen molar-refractivity contribution < 1.29 is 19.4 Å². The summed E-state index contributed by atoms with van der Waals surface area (Å²) in [4.78, 5) is 25.4. The van der Waals surface area contributed by atoms with E-state index >= 15 is 0 Å². The van der Waals surface area contributed by atoms with Crippen molar-refractivity contribution in [1.29, 1.82) is 5.26 Å². The summed E-state index contributed by atoms with van der Waals surface area (Å²) in [6.45, 7) is 3.57. The van der Waals surface area contributed by atoms with E-state index in [9.17, 15) is 14.7 Å². The van der Waals surface area contributed by atoms with Crippen LogP contribution in [-0.4, -0.2) is 17.1 Å². The molecule has 1 atom stereocenters. The lowest BCUT2D eigenvalue weighted by Crippen LogP contribution is -2.28. The molecule has 8 nitrogen and oxygen atoms in total. The molecule has 36 heavy (non-hydrogen) atoms. The van der Waals surface area contributed by atoms with E-state index in [0.29, 0.717) is 28.2 Å². The number of amides is 2. The molecule has 2 amide bonds. The molecule has 3 aromatic rings. The Morgan fingerprint density at radius 3 is 2.47 bits per heavy atom. The topological polar surface area (TPSA) is 137 Å². The number of nitriles is 1. The Morgan fingerprint density at radius 2 is 1.81 bits per heavy atom. The summed E-state index contributed by atoms with van der Waals surface area (Å²) < 4.78 is 6.62. The van der Waals surface area contributed by atoms with Crippen LogP contribution in [0.5, 0.6) is 5.75 Å². The number of carbonyl (C=O) groups excluding carboxylic acids is 2. The van der Waals surface area contributed by atoms with Crippen LogP contribution in [0.1, 0.15) is 31.1 Å². The molecular weight excluding hydrogens is 571 g/mol. The summed E-state index contributed by atoms with van der Waals surface area (Å²) in [5.74, 6) is -0.455. The molecule has 0 bridgehead atoms. The molecule has 0 aliphatic rings. The third-order valence-electron chi connectivity index (χ3n) is 5.32. The molecule has 9 heteroatoms. The van der Waals surface area contributed by atoms with E-state index in [4.69, 9.17) is 15.7 Å². The van der Waals surface area contributed by atoms with Gasteiger partial charge in [0.25, 0.3) is 0 Å². The van der Waals surface area contributed by atoms with Gasteiger partial charge in [-0.05, 0) is 83.3 Å². The van der Waals surface area contributed by atoms with Gasteiger partial charge in [0.05, 0.1) is 23.0 Å². The van der Waals surface area contributed by atoms with E-state index in [1.165, 1.54) is 12.1 Å². The Balaban J connectivity index is 1.84. The first-order chi connectivity index (χ1) is 17.1. The lowest BCUT2D eigenvalue weighted by molar-refractivity contribution is -0.112. The van der Waals surface area contributed by atoms with Crippen molar-refractivity contribution in [3.63, 3.8) is 0 Å². The highest BCUT2D eigenvalue weighted by Gasteiger charge is 2.34. The van der Waals surface area contributed by atoms with Crippen molar-refractivity contribution in [1.82, 2.24) is 0 Å². The summed E-state index contributed by atoms with van der Waals surface area (Å²) in [5, 5.41) is 24.9. The summed E-state index contributed by atoms with van der Waals surface area (Å²) >= 11 is 2.10. The molecule has 184 valence electrons. The fraction of sp³-hybridized carbons (Fsp3) is 0.148. The Hall–Kier alpha value is -4.04. The number of ether oxygens (including phenoxy) is 1. The molecule has 3 aromatic carbocycles. The number of nitrogen functional groups attached to an aromatic ring is 1. The number of anilines is 3. The average Bonchev–Trinajstić information content (AvgIpc) is 2.85. The van der Waals surface area contributed by atoms with Gasteiger partial charge in [0.1, 0.15) is 11.9 Å². The van der Waals surface area contributed by atoms with Gasteiger partial charge in [-0.3, -0.25) is 10.1 Å². The number of halogens is 1. The predicted octanol–water partition coefficient (Wildman–Crippen LogP) is 5.96. The fourth-order valence-corrected chi connectivity index (χ4v) is 3.91. The molecule has 0 unspecified atom stereocenters. The minimum atomic E-state index is -0.948. The van der Waals surface area contributed by atoms with E-state index in [-0.39, 0.29) is 5.75 Å². The monoisotopic (exact) mass is 596 g/mol. The number of rotatable bonds is 7. The molecule has 0 aliphatic carbocycles. The number of nitrogens with zero attached hydrogens (tertiary/aromatic N) is 1. The number of hydrogen-bond donors (Lipinski definition) is 4. The van der Waals surface area contributed by atoms with Crippen LogP contribution >= 0.6 is 22.6 Å². The number of phenols is 1. The minimum Gasteiger partial charge on any atom is -0.508 e. The smallest absolute Gasteiger partial charge is 0.412 e. The molecule has 0 saturated heterocycles. The fourth-order valence-electron chi connectivity index (χ4n) is 3.40. The predicted molar refractivity (Wildman–Crippen MR) is 147 cm³/mol. The molecule has 0 radical (unpaired) electrons. The normalized spacial score (nSPS) is 11.9. The molecular formula is C27H25IN4O4. The van der Waals surface area contributed by atoms with Gasteiger partial charge in [0.2, 0.25) is 5.91 Å². The van der Waals surface area contributed by atoms with Gasteiger partial charge in [0, 0.05) is 20.2 Å². The number of aromatic hydroxyl groups is 1. The van der Waals surface area contributed by atoms with E-state index in [0.717, 1.165) is 3.57 Å². The van der Waals surface area contributed by atoms with Gasteiger partial charge in [-0.15, -0.1) is 0 Å². The molecule has 5 N–H and O–H groups in total. The lowest BCUT2D eigenvalue weighted by atomic mass is 9.81. The highest BCUT2D eigenvalue weighted by Crippen LogP contribution is 2.42. The number of nitrogens with one attached hydrogen (secondary N) is 2. The Labute approximate surface area is 222 Å². The standard InChI is InChI=1S/C27H25IN4O4/c1-27(2,14-13-24(34)32-22-6-4-3-5-21(22)30)25(20-15-18(28)9-12-23(20)33)36-26(35)31-19-10-7-17(16-29)8-11-19/h3-15,25,33H,30H2,1-2H3,(H,31,35)(H,32,34)/b14-13+/t25-/m1/s1. The summed E-state index contributed by atoms with van der Waals surface area (Å²) in [7, 11) is 0. The van der Waals surface area contributed by atoms with Crippen LogP contribution < -0.4 is 16.4 Å². The van der Waals surface area contributed by atoms with Crippen molar-refractivity contribution in [3.05, 3.63) is 93.6 Å². The summed E-state index contributed by atoms with van der Waals surface area (Å²) in [5.41, 5.74) is 7.18. The first-order valence-corrected chi connectivity index (χ1v) is 12.0. The SMILES string of the molecule is CC(C)(/C=C/C(=O)Nc1ccccc1N)[C@H](OC(=O)Nc1ccc(C#N)cc1)c1cc(I)ccc1O. The number of phenolic OH excluding ortho intramolecular Hbond substituents is 1. The van der Waals surface area contributed by atoms with Gasteiger partial charge in [0.15, 0.2) is 0 Å². The number of hydrogen-bond acceptors (Lipinski definition) is 6. The third kappa shape index (κ3) is 6.99. The zero-order valence-electron chi connectivity index (χ0n) is 19.7. The quantitative estimate of drug-likeness (QED) is 0.151. The number of para-hydroxylation sites is 2. The summed E-state index contributed by atoms with van der Waals surface area (Å²) in [6.07, 6.45) is 1.24. The molecule has 0 saturated carbocycles. The van der Waals surface area contributed by atoms with Crippen LogP contribution in [0, 0.1) is 20.3 Å². The Kier molecular flexibility index (Phi) is 8.55. The van der Waals surface area contributed by atoms with Crippen LogP contribution in [0.25, 0.3) is 0 Å². The van der Waals surface area contributed by atoms with Gasteiger partial charge in [-0.25, -0.2) is 4.79 Å². The summed E-state index contributed by atoms with van der Waals surface area (Å²) in [6, 6.07) is 20.2. The number of nitrogens with two attached hydrogens (primary N) is 1. The molecule has 0 spiro atoms. The molecule has 0 fully saturated rings.